The zero-order valence-electron chi connectivity index (χ0n) is 17.0. The number of rotatable bonds is 8. The van der Waals surface area contributed by atoms with Crippen LogP contribution in [0.4, 0.5) is 15.8 Å². The summed E-state index contributed by atoms with van der Waals surface area (Å²) in [5.41, 5.74) is 1.60. The molecule has 2 N–H and O–H groups in total. The predicted octanol–water partition coefficient (Wildman–Crippen LogP) is 4.93. The number of thioether (sulfide) groups is 1. The highest BCUT2D eigenvalue weighted by Gasteiger charge is 2.14. The summed E-state index contributed by atoms with van der Waals surface area (Å²) in [6, 6.07) is 20.0. The van der Waals surface area contributed by atoms with Crippen molar-refractivity contribution in [3.8, 4) is 0 Å². The van der Waals surface area contributed by atoms with Gasteiger partial charge in [-0.1, -0.05) is 48.2 Å². The SMILES string of the molecule is CCn1c(CNc2ccc(F)cc2)nnc1SCC(=O)Nc1cccc2ccccc12. The van der Waals surface area contributed by atoms with Gasteiger partial charge in [0.2, 0.25) is 5.91 Å². The number of halogens is 1. The van der Waals surface area contributed by atoms with E-state index in [4.69, 9.17) is 0 Å². The van der Waals surface area contributed by atoms with Crippen molar-refractivity contribution in [2.75, 3.05) is 16.4 Å². The molecular weight excluding hydrogens is 413 g/mol. The first-order valence-electron chi connectivity index (χ1n) is 9.96. The van der Waals surface area contributed by atoms with Gasteiger partial charge in [-0.25, -0.2) is 4.39 Å². The van der Waals surface area contributed by atoms with Crippen LogP contribution >= 0.6 is 11.8 Å². The monoisotopic (exact) mass is 435 g/mol. The largest absolute Gasteiger partial charge is 0.378 e. The van der Waals surface area contributed by atoms with E-state index in [0.29, 0.717) is 18.2 Å². The topological polar surface area (TPSA) is 71.8 Å². The van der Waals surface area contributed by atoms with Crippen LogP contribution in [0, 0.1) is 5.82 Å². The zero-order valence-corrected chi connectivity index (χ0v) is 17.8. The molecule has 4 rings (SSSR count). The quantitative estimate of drug-likeness (QED) is 0.384. The van der Waals surface area contributed by atoms with Crippen molar-refractivity contribution in [1.82, 2.24) is 14.8 Å². The third-order valence-electron chi connectivity index (χ3n) is 4.80. The number of nitrogens with one attached hydrogen (secondary N) is 2. The van der Waals surface area contributed by atoms with Gasteiger partial charge in [0, 0.05) is 23.3 Å². The maximum atomic E-state index is 13.0. The molecule has 0 radical (unpaired) electrons. The average Bonchev–Trinajstić information content (AvgIpc) is 3.19. The zero-order chi connectivity index (χ0) is 21.6. The van der Waals surface area contributed by atoms with Gasteiger partial charge in [-0.2, -0.15) is 0 Å². The van der Waals surface area contributed by atoms with E-state index in [-0.39, 0.29) is 17.5 Å². The lowest BCUT2D eigenvalue weighted by atomic mass is 10.1. The molecule has 1 heterocycles. The second kappa shape index (κ2) is 9.61. The smallest absolute Gasteiger partial charge is 0.234 e. The van der Waals surface area contributed by atoms with Crippen LogP contribution in [0.25, 0.3) is 10.8 Å². The van der Waals surface area contributed by atoms with E-state index in [0.717, 1.165) is 28.0 Å². The number of anilines is 2. The number of carbonyl (C=O) groups is 1. The molecule has 0 aliphatic carbocycles. The van der Waals surface area contributed by atoms with Crippen LogP contribution < -0.4 is 10.6 Å². The van der Waals surface area contributed by atoms with Gasteiger partial charge < -0.3 is 15.2 Å². The summed E-state index contributed by atoms with van der Waals surface area (Å²) >= 11 is 1.35. The molecule has 0 spiro atoms. The Morgan fingerprint density at radius 3 is 2.61 bits per heavy atom. The third-order valence-corrected chi connectivity index (χ3v) is 5.77. The second-order valence-corrected chi connectivity index (χ2v) is 7.81. The molecule has 0 fully saturated rings. The van der Waals surface area contributed by atoms with E-state index in [1.807, 2.05) is 54.0 Å². The highest BCUT2D eigenvalue weighted by Crippen LogP contribution is 2.24. The second-order valence-electron chi connectivity index (χ2n) is 6.87. The van der Waals surface area contributed by atoms with Crippen LogP contribution in [0.15, 0.2) is 71.9 Å². The van der Waals surface area contributed by atoms with Gasteiger partial charge in [-0.15, -0.1) is 10.2 Å². The van der Waals surface area contributed by atoms with Crippen LogP contribution in [0.5, 0.6) is 0 Å². The van der Waals surface area contributed by atoms with Crippen LogP contribution in [0.2, 0.25) is 0 Å². The molecule has 0 bridgehead atoms. The summed E-state index contributed by atoms with van der Waals surface area (Å²) in [5.74, 6) is 0.608. The molecule has 158 valence electrons. The molecule has 0 unspecified atom stereocenters. The van der Waals surface area contributed by atoms with Gasteiger partial charge in [0.15, 0.2) is 11.0 Å². The molecule has 8 heteroatoms. The maximum Gasteiger partial charge on any atom is 0.234 e. The summed E-state index contributed by atoms with van der Waals surface area (Å²) in [6.45, 7) is 3.14. The molecule has 3 aromatic carbocycles. The number of carbonyl (C=O) groups excluding carboxylic acids is 1. The van der Waals surface area contributed by atoms with E-state index in [2.05, 4.69) is 20.8 Å². The molecule has 0 aliphatic rings. The molecule has 0 atom stereocenters. The molecule has 4 aromatic rings. The summed E-state index contributed by atoms with van der Waals surface area (Å²) < 4.78 is 15.0. The molecular formula is C23H22FN5OS. The lowest BCUT2D eigenvalue weighted by Crippen LogP contribution is -2.15. The maximum absolute atomic E-state index is 13.0. The van der Waals surface area contributed by atoms with Gasteiger partial charge >= 0.3 is 0 Å². The van der Waals surface area contributed by atoms with Crippen LogP contribution in [0.3, 0.4) is 0 Å². The molecule has 0 saturated carbocycles. The fraction of sp³-hybridized carbons (Fsp3) is 0.174. The lowest BCUT2D eigenvalue weighted by Gasteiger charge is -2.10. The highest BCUT2D eigenvalue weighted by molar-refractivity contribution is 7.99. The van der Waals surface area contributed by atoms with E-state index >= 15 is 0 Å². The standard InChI is InChI=1S/C23H22FN5OS/c1-2-29-21(14-25-18-12-10-17(24)11-13-18)27-28-23(29)31-15-22(30)26-20-9-5-7-16-6-3-4-8-19(16)20/h3-13,25H,2,14-15H2,1H3,(H,26,30). The first kappa shape index (κ1) is 20.9. The van der Waals surface area contributed by atoms with Gasteiger partial charge in [0.25, 0.3) is 0 Å². The Morgan fingerprint density at radius 2 is 1.81 bits per heavy atom. The van der Waals surface area contributed by atoms with Gasteiger partial charge in [0.1, 0.15) is 5.82 Å². The highest BCUT2D eigenvalue weighted by atomic mass is 32.2. The molecule has 6 nitrogen and oxygen atoms in total. The van der Waals surface area contributed by atoms with Crippen molar-refractivity contribution >= 4 is 39.8 Å². The van der Waals surface area contributed by atoms with Crippen molar-refractivity contribution in [2.24, 2.45) is 0 Å². The minimum atomic E-state index is -0.275. The van der Waals surface area contributed by atoms with E-state index < -0.39 is 0 Å². The van der Waals surface area contributed by atoms with Crippen LogP contribution in [0.1, 0.15) is 12.7 Å². The normalized spacial score (nSPS) is 10.9. The lowest BCUT2D eigenvalue weighted by molar-refractivity contribution is -0.113. The Kier molecular flexibility index (Phi) is 6.47. The van der Waals surface area contributed by atoms with Crippen LogP contribution in [-0.4, -0.2) is 26.4 Å². The number of amides is 1. The van der Waals surface area contributed by atoms with Gasteiger partial charge in [0.05, 0.1) is 12.3 Å². The van der Waals surface area contributed by atoms with Gasteiger partial charge in [-0.3, -0.25) is 4.79 Å². The average molecular weight is 436 g/mol. The predicted molar refractivity (Wildman–Crippen MR) is 123 cm³/mol. The Hall–Kier alpha value is -3.39. The summed E-state index contributed by atoms with van der Waals surface area (Å²) in [4.78, 5) is 12.5. The molecule has 0 aliphatic heterocycles. The number of hydrogen-bond acceptors (Lipinski definition) is 5. The number of hydrogen-bond donors (Lipinski definition) is 2. The summed E-state index contributed by atoms with van der Waals surface area (Å²) in [6.07, 6.45) is 0. The number of nitrogens with zero attached hydrogens (tertiary/aromatic N) is 3. The first-order chi connectivity index (χ1) is 15.1. The van der Waals surface area contributed by atoms with Crippen molar-refractivity contribution in [3.63, 3.8) is 0 Å². The van der Waals surface area contributed by atoms with E-state index in [9.17, 15) is 9.18 Å². The van der Waals surface area contributed by atoms with Crippen molar-refractivity contribution < 1.29 is 9.18 Å². The Morgan fingerprint density at radius 1 is 1.03 bits per heavy atom. The van der Waals surface area contributed by atoms with Crippen molar-refractivity contribution in [1.29, 1.82) is 0 Å². The number of fused-ring (bicyclic) bond motifs is 1. The van der Waals surface area contributed by atoms with Crippen LogP contribution in [-0.2, 0) is 17.9 Å². The molecule has 0 saturated heterocycles. The fourth-order valence-electron chi connectivity index (χ4n) is 3.27. The third kappa shape index (κ3) is 5.03. The number of benzene rings is 3. The van der Waals surface area contributed by atoms with Crippen molar-refractivity contribution in [2.45, 2.75) is 25.2 Å². The van der Waals surface area contributed by atoms with Gasteiger partial charge in [-0.05, 0) is 42.6 Å². The minimum absolute atomic E-state index is 0.0991. The number of aromatic nitrogens is 3. The summed E-state index contributed by atoms with van der Waals surface area (Å²) in [7, 11) is 0. The molecule has 1 amide bonds. The molecule has 1 aromatic heterocycles. The Labute approximate surface area is 183 Å². The van der Waals surface area contributed by atoms with Crippen molar-refractivity contribution in [3.05, 3.63) is 78.4 Å². The fourth-order valence-corrected chi connectivity index (χ4v) is 4.10. The minimum Gasteiger partial charge on any atom is -0.378 e. The summed E-state index contributed by atoms with van der Waals surface area (Å²) in [5, 5.41) is 17.5. The van der Waals surface area contributed by atoms with E-state index in [1.165, 1.54) is 23.9 Å². The Bertz CT molecular complexity index is 1190. The van der Waals surface area contributed by atoms with E-state index in [1.54, 1.807) is 12.1 Å². The Balaban J connectivity index is 1.37. The molecule has 31 heavy (non-hydrogen) atoms. The first-order valence-corrected chi connectivity index (χ1v) is 10.9.